The second kappa shape index (κ2) is 8.60. The van der Waals surface area contributed by atoms with Gasteiger partial charge < -0.3 is 20.0 Å². The number of hydrogen-bond acceptors (Lipinski definition) is 8. The van der Waals surface area contributed by atoms with Crippen molar-refractivity contribution in [3.63, 3.8) is 0 Å². The molecule has 0 aliphatic carbocycles. The number of nitrogens with zero attached hydrogens (tertiary/aromatic N) is 2. The molecule has 0 saturated carbocycles. The zero-order chi connectivity index (χ0) is 17.2. The predicted molar refractivity (Wildman–Crippen MR) is 81.6 cm³/mol. The topological polar surface area (TPSA) is 123 Å². The Bertz CT molecular complexity index is 636. The number of ether oxygens (including phenoxy) is 1. The van der Waals surface area contributed by atoms with Gasteiger partial charge in [0.15, 0.2) is 0 Å². The van der Waals surface area contributed by atoms with Crippen LogP contribution in [0.4, 0.5) is 0 Å². The summed E-state index contributed by atoms with van der Waals surface area (Å²) in [6.07, 6.45) is 0. The maximum Gasteiger partial charge on any atom is 1.00 e. The van der Waals surface area contributed by atoms with Gasteiger partial charge >= 0.3 is 29.6 Å². The van der Waals surface area contributed by atoms with Crippen LogP contribution in [0, 0.1) is 11.3 Å². The fourth-order valence-electron chi connectivity index (χ4n) is 2.45. The van der Waals surface area contributed by atoms with Crippen molar-refractivity contribution >= 4 is 41.3 Å². The Hall–Kier alpha value is -0.700. The molecule has 0 bridgehead atoms. The monoisotopic (exact) mass is 379 g/mol. The molecule has 1 saturated heterocycles. The third-order valence-corrected chi connectivity index (χ3v) is 5.72. The molecule has 2 rings (SSSR count). The molecule has 0 radical (unpaired) electrons. The molecule has 2 amide bonds. The van der Waals surface area contributed by atoms with Crippen molar-refractivity contribution in [1.29, 1.82) is 5.26 Å². The van der Waals surface area contributed by atoms with E-state index in [1.54, 1.807) is 6.92 Å². The van der Waals surface area contributed by atoms with Crippen molar-refractivity contribution in [3.8, 4) is 6.07 Å². The first kappa shape index (κ1) is 21.3. The van der Waals surface area contributed by atoms with Gasteiger partial charge in [-0.15, -0.1) is 23.5 Å². The Balaban J connectivity index is 0.00000288. The molecule has 8 nitrogen and oxygen atoms in total. The van der Waals surface area contributed by atoms with E-state index in [1.165, 1.54) is 18.9 Å². The van der Waals surface area contributed by atoms with E-state index in [0.717, 1.165) is 16.7 Å². The van der Waals surface area contributed by atoms with Gasteiger partial charge in [-0.3, -0.25) is 14.5 Å². The number of carbonyl (C=O) groups is 3. The molecule has 0 aromatic carbocycles. The van der Waals surface area contributed by atoms with Gasteiger partial charge in [-0.1, -0.05) is 0 Å². The summed E-state index contributed by atoms with van der Waals surface area (Å²) in [5.41, 5.74) is -1.23. The Morgan fingerprint density at radius 2 is 2.29 bits per heavy atom. The van der Waals surface area contributed by atoms with Gasteiger partial charge in [-0.2, -0.15) is 5.26 Å². The van der Waals surface area contributed by atoms with Gasteiger partial charge in [0, 0.05) is 12.9 Å². The van der Waals surface area contributed by atoms with E-state index in [0.29, 0.717) is 11.3 Å². The number of carbonyl (C=O) groups excluding carboxylic acids is 3. The molecule has 124 valence electrons. The third kappa shape index (κ3) is 3.61. The number of fused-ring (bicyclic) bond motifs is 1. The van der Waals surface area contributed by atoms with E-state index in [2.05, 4.69) is 5.32 Å². The minimum atomic E-state index is -1.59. The molecular weight excluding hydrogens is 365 g/mol. The van der Waals surface area contributed by atoms with E-state index < -0.39 is 28.9 Å². The van der Waals surface area contributed by atoms with Crippen molar-refractivity contribution < 1.29 is 53.8 Å². The Kier molecular flexibility index (Phi) is 7.65. The summed E-state index contributed by atoms with van der Waals surface area (Å²) in [7, 11) is 1.28. The second-order valence-electron chi connectivity index (χ2n) is 4.89. The average molecular weight is 379 g/mol. The third-order valence-electron chi connectivity index (χ3n) is 3.46. The van der Waals surface area contributed by atoms with Gasteiger partial charge in [-0.05, 0) is 12.5 Å². The summed E-state index contributed by atoms with van der Waals surface area (Å²) in [6.45, 7) is 1.62. The smallest absolute Gasteiger partial charge is 0.543 e. The van der Waals surface area contributed by atoms with Gasteiger partial charge in [-0.25, -0.2) is 0 Å². The maximum atomic E-state index is 12.5. The van der Waals surface area contributed by atoms with Crippen LogP contribution in [-0.4, -0.2) is 58.2 Å². The minimum Gasteiger partial charge on any atom is -0.543 e. The fraction of sp³-hybridized carbons (Fsp3) is 0.538. The Labute approximate surface area is 169 Å². The summed E-state index contributed by atoms with van der Waals surface area (Å²) < 4.78 is 5.24. The zero-order valence-corrected chi connectivity index (χ0v) is 17.1. The largest absolute Gasteiger partial charge is 1.00 e. The number of carboxylic acids is 1. The van der Waals surface area contributed by atoms with E-state index in [9.17, 15) is 19.5 Å². The number of hydrogen-bond donors (Lipinski definition) is 1. The average Bonchev–Trinajstić information content (AvgIpc) is 2.51. The Morgan fingerprint density at radius 3 is 2.83 bits per heavy atom. The van der Waals surface area contributed by atoms with E-state index >= 15 is 0 Å². The number of thioether (sulfide) groups is 2. The molecule has 1 fully saturated rings. The van der Waals surface area contributed by atoms with Crippen LogP contribution in [0.1, 0.15) is 6.92 Å². The fourth-order valence-corrected chi connectivity index (χ4v) is 4.29. The van der Waals surface area contributed by atoms with Crippen molar-refractivity contribution in [2.24, 2.45) is 0 Å². The molecule has 0 spiro atoms. The van der Waals surface area contributed by atoms with Crippen molar-refractivity contribution in [2.75, 3.05) is 24.4 Å². The quantitative estimate of drug-likeness (QED) is 0.213. The summed E-state index contributed by atoms with van der Waals surface area (Å²) in [4.78, 5) is 36.8. The molecule has 2 atom stereocenters. The molecule has 0 aromatic heterocycles. The van der Waals surface area contributed by atoms with Crippen molar-refractivity contribution in [3.05, 3.63) is 11.3 Å². The number of nitrogens with one attached hydrogen (secondary N) is 1. The second-order valence-corrected chi connectivity index (χ2v) is 6.95. The number of methoxy groups -OCH3 is 1. The van der Waals surface area contributed by atoms with Gasteiger partial charge in [0.05, 0.1) is 29.2 Å². The van der Waals surface area contributed by atoms with Crippen LogP contribution in [0.3, 0.4) is 0 Å². The van der Waals surface area contributed by atoms with E-state index in [4.69, 9.17) is 10.00 Å². The van der Waals surface area contributed by atoms with Crippen LogP contribution in [-0.2, 0) is 19.1 Å². The van der Waals surface area contributed by atoms with Crippen LogP contribution in [0.25, 0.3) is 0 Å². The van der Waals surface area contributed by atoms with Crippen LogP contribution < -0.4 is 40.0 Å². The van der Waals surface area contributed by atoms with Gasteiger partial charge in [0.1, 0.15) is 5.37 Å². The first-order valence-electron chi connectivity index (χ1n) is 6.56. The van der Waals surface area contributed by atoms with Gasteiger partial charge in [0.2, 0.25) is 5.91 Å². The first-order valence-corrected chi connectivity index (χ1v) is 8.76. The van der Waals surface area contributed by atoms with Crippen molar-refractivity contribution in [1.82, 2.24) is 10.2 Å². The maximum absolute atomic E-state index is 12.5. The van der Waals surface area contributed by atoms with Crippen LogP contribution >= 0.6 is 23.5 Å². The molecule has 2 aliphatic rings. The number of nitriles is 1. The standard InChI is InChI=1S/C13H15N3O5S2.Na/c1-7-5-23-12-13(21-2,15-8(17)6-22-4-3-14)11(20)16(12)9(7)10(18)19;/h12H,4-6H2,1-2H3,(H,15,17)(H,18,19);/q;+1/p-1/t12-,13+;/m1./s1. The summed E-state index contributed by atoms with van der Waals surface area (Å²) in [5, 5.41) is 21.6. The molecule has 0 unspecified atom stereocenters. The van der Waals surface area contributed by atoms with Crippen LogP contribution in [0.5, 0.6) is 0 Å². The number of carboxylic acid groups (broad SMARTS) is 1. The molecule has 24 heavy (non-hydrogen) atoms. The number of aliphatic carboxylic acids is 1. The number of β-lactam (4-membered cyclic amide) rings is 1. The summed E-state index contributed by atoms with van der Waals surface area (Å²) in [6, 6.07) is 1.90. The van der Waals surface area contributed by atoms with E-state index in [1.807, 2.05) is 6.07 Å². The molecular formula is C13H14N3NaO5S2. The molecule has 0 aromatic rings. The summed E-state index contributed by atoms with van der Waals surface area (Å²) >= 11 is 2.41. The zero-order valence-electron chi connectivity index (χ0n) is 13.5. The van der Waals surface area contributed by atoms with Crippen LogP contribution in [0.2, 0.25) is 0 Å². The number of amides is 2. The van der Waals surface area contributed by atoms with E-state index in [-0.39, 0.29) is 46.8 Å². The molecule has 2 aliphatic heterocycles. The first-order chi connectivity index (χ1) is 10.9. The van der Waals surface area contributed by atoms with Crippen molar-refractivity contribution in [2.45, 2.75) is 18.0 Å². The number of rotatable bonds is 6. The van der Waals surface area contributed by atoms with Crippen LogP contribution in [0.15, 0.2) is 11.3 Å². The Morgan fingerprint density at radius 1 is 1.62 bits per heavy atom. The summed E-state index contributed by atoms with van der Waals surface area (Å²) in [5.74, 6) is -1.98. The molecule has 1 N–H and O–H groups in total. The minimum absolute atomic E-state index is 0. The van der Waals surface area contributed by atoms with Gasteiger partial charge in [0.25, 0.3) is 11.6 Å². The molecule has 11 heteroatoms. The molecule has 2 heterocycles. The SMILES string of the molecule is CO[C@@]1(NC(=O)CSCC#N)C(=O)N2C(C(=O)[O-])=C(C)CS[C@@H]21.[Na+]. The normalized spacial score (nSPS) is 25.1. The predicted octanol–water partition coefficient (Wildman–Crippen LogP) is -4.35.